The number of hydrogen-bond acceptors (Lipinski definition) is 6. The molecule has 2 heterocycles. The molecule has 0 bridgehead atoms. The van der Waals surface area contributed by atoms with E-state index < -0.39 is 0 Å². The van der Waals surface area contributed by atoms with E-state index in [1.165, 1.54) is 11.8 Å². The Labute approximate surface area is 166 Å². The molecule has 0 spiro atoms. The summed E-state index contributed by atoms with van der Waals surface area (Å²) in [4.78, 5) is 16.9. The lowest BCUT2D eigenvalue weighted by Crippen LogP contribution is -2.45. The standard InChI is InChI=1S/C20H19N5O2S/c1-2-11-25-18(14-8-4-6-10-16(14)26)23-24-20(25)28-12-17-21-15-9-5-3-7-13(15)19(27)22-17/h2-10,13,15,26H,1,11-12H2,(H,21,22,27). The van der Waals surface area contributed by atoms with Gasteiger partial charge in [-0.05, 0) is 12.1 Å². The third-order valence-electron chi connectivity index (χ3n) is 4.49. The highest BCUT2D eigenvalue weighted by Crippen LogP contribution is 2.30. The number of hydrogen-bond donors (Lipinski definition) is 2. The molecule has 0 saturated heterocycles. The van der Waals surface area contributed by atoms with Crippen LogP contribution in [0.2, 0.25) is 0 Å². The molecule has 4 rings (SSSR count). The summed E-state index contributed by atoms with van der Waals surface area (Å²) in [7, 11) is 0. The van der Waals surface area contributed by atoms with Crippen LogP contribution in [0.5, 0.6) is 5.75 Å². The number of allylic oxidation sites excluding steroid dienone is 3. The molecule has 0 saturated carbocycles. The molecule has 7 nitrogen and oxygen atoms in total. The normalized spacial score (nSPS) is 20.4. The molecule has 2 unspecified atom stereocenters. The van der Waals surface area contributed by atoms with Crippen LogP contribution in [0.4, 0.5) is 0 Å². The highest BCUT2D eigenvalue weighted by molar-refractivity contribution is 7.99. The van der Waals surface area contributed by atoms with E-state index >= 15 is 0 Å². The number of carbonyl (C=O) groups excluding carboxylic acids is 1. The van der Waals surface area contributed by atoms with Gasteiger partial charge in [-0.1, -0.05) is 54.3 Å². The first-order chi connectivity index (χ1) is 13.7. The second kappa shape index (κ2) is 7.85. The highest BCUT2D eigenvalue weighted by Gasteiger charge is 2.30. The summed E-state index contributed by atoms with van der Waals surface area (Å²) in [5.41, 5.74) is 0.606. The van der Waals surface area contributed by atoms with Crippen molar-refractivity contribution >= 4 is 23.5 Å². The monoisotopic (exact) mass is 393 g/mol. The van der Waals surface area contributed by atoms with Gasteiger partial charge < -0.3 is 10.4 Å². The number of amides is 1. The van der Waals surface area contributed by atoms with Gasteiger partial charge in [0.25, 0.3) is 0 Å². The molecule has 1 amide bonds. The van der Waals surface area contributed by atoms with Gasteiger partial charge in [-0.25, -0.2) is 0 Å². The van der Waals surface area contributed by atoms with Gasteiger partial charge in [0.15, 0.2) is 11.0 Å². The highest BCUT2D eigenvalue weighted by atomic mass is 32.2. The van der Waals surface area contributed by atoms with Crippen molar-refractivity contribution in [2.45, 2.75) is 17.7 Å². The summed E-state index contributed by atoms with van der Waals surface area (Å²) in [5.74, 6) is 1.50. The number of amidine groups is 1. The Bertz CT molecular complexity index is 1010. The SMILES string of the molecule is C=CCn1c(SCC2=NC3C=CC=CC3C(=O)N2)nnc1-c1ccccc1O. The van der Waals surface area contributed by atoms with Crippen molar-refractivity contribution in [1.29, 1.82) is 0 Å². The number of aliphatic imine (C=N–C) groups is 1. The Morgan fingerprint density at radius 3 is 2.89 bits per heavy atom. The molecule has 1 aromatic carbocycles. The van der Waals surface area contributed by atoms with E-state index in [4.69, 9.17) is 0 Å². The van der Waals surface area contributed by atoms with Gasteiger partial charge in [-0.3, -0.25) is 14.4 Å². The second-order valence-electron chi connectivity index (χ2n) is 6.36. The summed E-state index contributed by atoms with van der Waals surface area (Å²) in [6.45, 7) is 4.29. The van der Waals surface area contributed by atoms with Crippen molar-refractivity contribution in [1.82, 2.24) is 20.1 Å². The Morgan fingerprint density at radius 1 is 1.25 bits per heavy atom. The van der Waals surface area contributed by atoms with Crippen molar-refractivity contribution in [3.63, 3.8) is 0 Å². The molecule has 8 heteroatoms. The number of para-hydroxylation sites is 1. The Morgan fingerprint density at radius 2 is 2.07 bits per heavy atom. The molecule has 1 aliphatic carbocycles. The van der Waals surface area contributed by atoms with E-state index in [1.807, 2.05) is 34.9 Å². The van der Waals surface area contributed by atoms with Crippen molar-refractivity contribution in [3.05, 3.63) is 61.2 Å². The fourth-order valence-corrected chi connectivity index (χ4v) is 3.98. The minimum absolute atomic E-state index is 0.0429. The molecule has 2 N–H and O–H groups in total. The topological polar surface area (TPSA) is 92.4 Å². The molecule has 0 fully saturated rings. The van der Waals surface area contributed by atoms with Crippen molar-refractivity contribution < 1.29 is 9.90 Å². The zero-order valence-electron chi connectivity index (χ0n) is 15.0. The summed E-state index contributed by atoms with van der Waals surface area (Å²) in [6, 6.07) is 6.85. The van der Waals surface area contributed by atoms with Gasteiger partial charge >= 0.3 is 0 Å². The smallest absolute Gasteiger partial charge is 0.234 e. The first kappa shape index (κ1) is 18.2. The van der Waals surface area contributed by atoms with Crippen LogP contribution in [0.25, 0.3) is 11.4 Å². The molecule has 1 aromatic heterocycles. The molecule has 2 aromatic rings. The molecule has 28 heavy (non-hydrogen) atoms. The number of aromatic hydroxyl groups is 1. The maximum absolute atomic E-state index is 12.3. The van der Waals surface area contributed by atoms with Gasteiger partial charge in [0.2, 0.25) is 5.91 Å². The number of benzene rings is 1. The molecule has 0 radical (unpaired) electrons. The van der Waals surface area contributed by atoms with E-state index in [2.05, 4.69) is 27.1 Å². The number of thioether (sulfide) groups is 1. The average Bonchev–Trinajstić information content (AvgIpc) is 3.09. The maximum Gasteiger partial charge on any atom is 0.234 e. The minimum Gasteiger partial charge on any atom is -0.507 e. The van der Waals surface area contributed by atoms with Gasteiger partial charge in [0.1, 0.15) is 11.6 Å². The van der Waals surface area contributed by atoms with E-state index in [0.29, 0.717) is 34.7 Å². The average molecular weight is 393 g/mol. The number of aromatic nitrogens is 3. The summed E-state index contributed by atoms with van der Waals surface area (Å²) < 4.78 is 1.88. The number of nitrogens with one attached hydrogen (secondary N) is 1. The van der Waals surface area contributed by atoms with Gasteiger partial charge in [-0.2, -0.15) is 0 Å². The lowest BCUT2D eigenvalue weighted by atomic mass is 9.93. The fourth-order valence-electron chi connectivity index (χ4n) is 3.16. The van der Waals surface area contributed by atoms with Crippen molar-refractivity contribution in [2.75, 3.05) is 5.75 Å². The van der Waals surface area contributed by atoms with Gasteiger partial charge in [0, 0.05) is 6.54 Å². The Hall–Kier alpha value is -3.13. The van der Waals surface area contributed by atoms with Crippen LogP contribution >= 0.6 is 11.8 Å². The third kappa shape index (κ3) is 3.50. The predicted molar refractivity (Wildman–Crippen MR) is 109 cm³/mol. The van der Waals surface area contributed by atoms with E-state index in [0.717, 1.165) is 0 Å². The second-order valence-corrected chi connectivity index (χ2v) is 7.31. The number of rotatable bonds is 6. The molecule has 2 aliphatic rings. The fraction of sp³-hybridized carbons (Fsp3) is 0.200. The number of fused-ring (bicyclic) bond motifs is 1. The van der Waals surface area contributed by atoms with Crippen LogP contribution in [0.3, 0.4) is 0 Å². The lowest BCUT2D eigenvalue weighted by Gasteiger charge is -2.26. The molecule has 1 aliphatic heterocycles. The number of nitrogens with zero attached hydrogens (tertiary/aromatic N) is 4. The van der Waals surface area contributed by atoms with Crippen LogP contribution in [0, 0.1) is 5.92 Å². The Kier molecular flexibility index (Phi) is 5.12. The predicted octanol–water partition coefficient (Wildman–Crippen LogP) is 2.57. The first-order valence-electron chi connectivity index (χ1n) is 8.85. The maximum atomic E-state index is 12.3. The van der Waals surface area contributed by atoms with E-state index in [1.54, 1.807) is 24.3 Å². The van der Waals surface area contributed by atoms with Gasteiger partial charge in [0.05, 0.1) is 23.3 Å². The van der Waals surface area contributed by atoms with Crippen molar-refractivity contribution in [2.24, 2.45) is 10.9 Å². The van der Waals surface area contributed by atoms with Crippen LogP contribution in [0.15, 0.2) is 71.4 Å². The number of carbonyl (C=O) groups is 1. The molecule has 2 atom stereocenters. The van der Waals surface area contributed by atoms with Crippen molar-refractivity contribution in [3.8, 4) is 17.1 Å². The quantitative estimate of drug-likeness (QED) is 0.581. The van der Waals surface area contributed by atoms with Crippen LogP contribution in [-0.4, -0.2) is 43.4 Å². The van der Waals surface area contributed by atoms with Crippen LogP contribution in [-0.2, 0) is 11.3 Å². The summed E-state index contributed by atoms with van der Waals surface area (Å²) in [5, 5.41) is 22.2. The lowest BCUT2D eigenvalue weighted by molar-refractivity contribution is -0.122. The largest absolute Gasteiger partial charge is 0.507 e. The third-order valence-corrected chi connectivity index (χ3v) is 5.47. The molecular formula is C20H19N5O2S. The molecular weight excluding hydrogens is 374 g/mol. The van der Waals surface area contributed by atoms with Crippen LogP contribution < -0.4 is 5.32 Å². The number of phenols is 1. The summed E-state index contributed by atoms with van der Waals surface area (Å²) >= 11 is 1.43. The number of phenolic OH excluding ortho intramolecular Hbond substituents is 1. The van der Waals surface area contributed by atoms with E-state index in [-0.39, 0.29) is 23.6 Å². The first-order valence-corrected chi connectivity index (χ1v) is 9.83. The Balaban J connectivity index is 1.56. The summed E-state index contributed by atoms with van der Waals surface area (Å²) in [6.07, 6.45) is 9.33. The van der Waals surface area contributed by atoms with Crippen LogP contribution in [0.1, 0.15) is 0 Å². The zero-order chi connectivity index (χ0) is 19.5. The van der Waals surface area contributed by atoms with E-state index in [9.17, 15) is 9.90 Å². The van der Waals surface area contributed by atoms with Gasteiger partial charge in [-0.15, -0.1) is 16.8 Å². The molecule has 142 valence electrons. The minimum atomic E-state index is -0.240. The zero-order valence-corrected chi connectivity index (χ0v) is 15.8.